The largest absolute Gasteiger partial charge is 0.503 e. The Hall–Kier alpha value is -2.05. The molecule has 0 unspecified atom stereocenters. The second-order valence-electron chi connectivity index (χ2n) is 4.53. The van der Waals surface area contributed by atoms with E-state index in [9.17, 15) is 14.7 Å². The summed E-state index contributed by atoms with van der Waals surface area (Å²) in [5.41, 5.74) is 0.301. The monoisotopic (exact) mass is 342 g/mol. The SMILES string of the molecule is CCOc1cc(/C=C(\C(C)=O)C(=O)OCCOC)cc(Cl)c1O. The standard InChI is InChI=1S/C16H19ClO6/c1-4-22-14-9-11(8-13(17)15(14)19)7-12(10(2)18)16(20)23-6-5-21-3/h7-9,19H,4-6H2,1-3H3/b12-7+. The van der Waals surface area contributed by atoms with Crippen LogP contribution in [0.2, 0.25) is 5.02 Å². The van der Waals surface area contributed by atoms with Gasteiger partial charge < -0.3 is 19.3 Å². The fourth-order valence-corrected chi connectivity index (χ4v) is 1.93. The van der Waals surface area contributed by atoms with Crippen molar-refractivity contribution >= 4 is 29.4 Å². The van der Waals surface area contributed by atoms with Gasteiger partial charge in [-0.1, -0.05) is 11.6 Å². The fraction of sp³-hybridized carbons (Fsp3) is 0.375. The third kappa shape index (κ3) is 5.58. The van der Waals surface area contributed by atoms with Crippen molar-refractivity contribution in [2.24, 2.45) is 0 Å². The molecule has 1 aromatic rings. The van der Waals surface area contributed by atoms with Crippen molar-refractivity contribution in [3.8, 4) is 11.5 Å². The minimum Gasteiger partial charge on any atom is -0.503 e. The Kier molecular flexibility index (Phi) is 7.57. The van der Waals surface area contributed by atoms with E-state index >= 15 is 0 Å². The molecule has 0 bridgehead atoms. The van der Waals surface area contributed by atoms with E-state index in [-0.39, 0.29) is 35.3 Å². The number of benzene rings is 1. The fourth-order valence-electron chi connectivity index (χ4n) is 1.71. The first-order chi connectivity index (χ1) is 10.9. The maximum atomic E-state index is 11.9. The number of phenols is 1. The van der Waals surface area contributed by atoms with Crippen LogP contribution in [0, 0.1) is 0 Å². The van der Waals surface area contributed by atoms with Crippen LogP contribution < -0.4 is 4.74 Å². The molecule has 0 saturated carbocycles. The topological polar surface area (TPSA) is 82.1 Å². The Labute approximate surface area is 139 Å². The van der Waals surface area contributed by atoms with E-state index in [1.807, 2.05) is 0 Å². The third-order valence-corrected chi connectivity index (χ3v) is 3.07. The summed E-state index contributed by atoms with van der Waals surface area (Å²) in [6.07, 6.45) is 1.34. The summed E-state index contributed by atoms with van der Waals surface area (Å²) in [7, 11) is 1.48. The van der Waals surface area contributed by atoms with Crippen LogP contribution in [0.4, 0.5) is 0 Å². The minimum absolute atomic E-state index is 0.0421. The molecule has 0 amide bonds. The van der Waals surface area contributed by atoms with Gasteiger partial charge in [0.1, 0.15) is 12.2 Å². The zero-order valence-electron chi connectivity index (χ0n) is 13.2. The highest BCUT2D eigenvalue weighted by Crippen LogP contribution is 2.35. The number of phenolic OH excluding ortho intramolecular Hbond substituents is 1. The molecular formula is C16H19ClO6. The summed E-state index contributed by atoms with van der Waals surface area (Å²) in [4.78, 5) is 23.6. The van der Waals surface area contributed by atoms with E-state index in [2.05, 4.69) is 0 Å². The normalized spacial score (nSPS) is 11.2. The minimum atomic E-state index is -0.753. The number of carbonyl (C=O) groups is 2. The summed E-state index contributed by atoms with van der Waals surface area (Å²) in [6, 6.07) is 2.90. The lowest BCUT2D eigenvalue weighted by Crippen LogP contribution is -2.16. The Morgan fingerprint density at radius 2 is 2.00 bits per heavy atom. The Morgan fingerprint density at radius 3 is 2.57 bits per heavy atom. The molecule has 0 aromatic heterocycles. The summed E-state index contributed by atoms with van der Waals surface area (Å²) < 4.78 is 15.0. The molecule has 1 N–H and O–H groups in total. The molecular weight excluding hydrogens is 324 g/mol. The molecule has 1 aromatic carbocycles. The molecule has 6 nitrogen and oxygen atoms in total. The molecule has 0 atom stereocenters. The predicted octanol–water partition coefficient (Wildman–Crippen LogP) is 2.61. The van der Waals surface area contributed by atoms with Crippen LogP contribution >= 0.6 is 11.6 Å². The van der Waals surface area contributed by atoms with E-state index in [4.69, 9.17) is 25.8 Å². The third-order valence-electron chi connectivity index (χ3n) is 2.78. The first kappa shape index (κ1) is 19.0. The Morgan fingerprint density at radius 1 is 1.30 bits per heavy atom. The van der Waals surface area contributed by atoms with Crippen molar-refractivity contribution in [3.63, 3.8) is 0 Å². The number of Topliss-reactive ketones (excluding diaryl/α,β-unsaturated/α-hetero) is 1. The number of hydrogen-bond donors (Lipinski definition) is 1. The summed E-state index contributed by atoms with van der Waals surface area (Å²) in [5, 5.41) is 9.85. The maximum absolute atomic E-state index is 11.9. The molecule has 0 aliphatic rings. The lowest BCUT2D eigenvalue weighted by Gasteiger charge is -2.09. The quantitative estimate of drug-likeness (QED) is 0.257. The van der Waals surface area contributed by atoms with Crippen LogP contribution in [0.25, 0.3) is 6.08 Å². The molecule has 0 spiro atoms. The lowest BCUT2D eigenvalue weighted by atomic mass is 10.1. The lowest BCUT2D eigenvalue weighted by molar-refractivity contribution is -0.141. The molecule has 23 heavy (non-hydrogen) atoms. The van der Waals surface area contributed by atoms with Crippen LogP contribution in [0.3, 0.4) is 0 Å². The summed E-state index contributed by atoms with van der Waals surface area (Å²) in [6.45, 7) is 3.62. The first-order valence-corrected chi connectivity index (χ1v) is 7.32. The number of rotatable bonds is 8. The highest BCUT2D eigenvalue weighted by atomic mass is 35.5. The molecule has 0 heterocycles. The number of halogens is 1. The second-order valence-corrected chi connectivity index (χ2v) is 4.93. The molecule has 0 aliphatic carbocycles. The predicted molar refractivity (Wildman–Crippen MR) is 85.8 cm³/mol. The first-order valence-electron chi connectivity index (χ1n) is 6.94. The number of esters is 1. The van der Waals surface area contributed by atoms with Crippen LogP contribution in [0.5, 0.6) is 11.5 Å². The van der Waals surface area contributed by atoms with Gasteiger partial charge in [-0.15, -0.1) is 0 Å². The molecule has 0 fully saturated rings. The summed E-state index contributed by atoms with van der Waals surface area (Å²) >= 11 is 5.92. The van der Waals surface area contributed by atoms with Gasteiger partial charge in [0.2, 0.25) is 0 Å². The van der Waals surface area contributed by atoms with Crippen molar-refractivity contribution in [2.75, 3.05) is 26.9 Å². The van der Waals surface area contributed by atoms with Gasteiger partial charge in [-0.05, 0) is 37.6 Å². The molecule has 0 radical (unpaired) electrons. The zero-order chi connectivity index (χ0) is 17.4. The number of ketones is 1. The molecule has 0 saturated heterocycles. The Balaban J connectivity index is 3.12. The van der Waals surface area contributed by atoms with Crippen molar-refractivity contribution in [2.45, 2.75) is 13.8 Å². The van der Waals surface area contributed by atoms with Crippen molar-refractivity contribution < 1.29 is 28.9 Å². The van der Waals surface area contributed by atoms with E-state index in [1.54, 1.807) is 6.92 Å². The number of hydrogen-bond acceptors (Lipinski definition) is 6. The molecule has 0 aliphatic heterocycles. The maximum Gasteiger partial charge on any atom is 0.341 e. The average Bonchev–Trinajstić information content (AvgIpc) is 2.49. The van der Waals surface area contributed by atoms with Gasteiger partial charge in [-0.2, -0.15) is 0 Å². The zero-order valence-corrected chi connectivity index (χ0v) is 14.0. The highest BCUT2D eigenvalue weighted by Gasteiger charge is 2.17. The van der Waals surface area contributed by atoms with Crippen molar-refractivity contribution in [1.82, 2.24) is 0 Å². The van der Waals surface area contributed by atoms with Crippen LogP contribution in [0.15, 0.2) is 17.7 Å². The van der Waals surface area contributed by atoms with Crippen molar-refractivity contribution in [3.05, 3.63) is 28.3 Å². The number of carbonyl (C=O) groups excluding carboxylic acids is 2. The Bertz CT molecular complexity index is 609. The van der Waals surface area contributed by atoms with E-state index in [1.165, 1.54) is 32.2 Å². The van der Waals surface area contributed by atoms with Crippen LogP contribution in [-0.2, 0) is 19.1 Å². The molecule has 126 valence electrons. The van der Waals surface area contributed by atoms with Gasteiger partial charge in [0, 0.05) is 7.11 Å². The highest BCUT2D eigenvalue weighted by molar-refractivity contribution is 6.32. The van der Waals surface area contributed by atoms with E-state index in [0.717, 1.165) is 0 Å². The average molecular weight is 343 g/mol. The van der Waals surface area contributed by atoms with Gasteiger partial charge in [0.15, 0.2) is 17.3 Å². The number of methoxy groups -OCH3 is 1. The number of aromatic hydroxyl groups is 1. The number of ether oxygens (including phenoxy) is 3. The van der Waals surface area contributed by atoms with Gasteiger partial charge in [0.05, 0.1) is 18.2 Å². The van der Waals surface area contributed by atoms with Gasteiger partial charge in [-0.25, -0.2) is 4.79 Å². The van der Waals surface area contributed by atoms with E-state index in [0.29, 0.717) is 12.2 Å². The van der Waals surface area contributed by atoms with E-state index < -0.39 is 11.8 Å². The second kappa shape index (κ2) is 9.17. The van der Waals surface area contributed by atoms with Crippen LogP contribution in [0.1, 0.15) is 19.4 Å². The van der Waals surface area contributed by atoms with Gasteiger partial charge in [0.25, 0.3) is 0 Å². The molecule has 1 rings (SSSR count). The van der Waals surface area contributed by atoms with Crippen molar-refractivity contribution in [1.29, 1.82) is 0 Å². The summed E-state index contributed by atoms with van der Waals surface area (Å²) in [5.74, 6) is -1.23. The van der Waals surface area contributed by atoms with Crippen LogP contribution in [-0.4, -0.2) is 43.8 Å². The van der Waals surface area contributed by atoms with Gasteiger partial charge >= 0.3 is 5.97 Å². The molecule has 7 heteroatoms. The smallest absolute Gasteiger partial charge is 0.341 e. The van der Waals surface area contributed by atoms with Gasteiger partial charge in [-0.3, -0.25) is 4.79 Å².